The Morgan fingerprint density at radius 3 is 2.73 bits per heavy atom. The van der Waals surface area contributed by atoms with E-state index in [0.29, 0.717) is 11.5 Å². The fraction of sp³-hybridized carbons (Fsp3) is 0.100. The molecule has 1 aromatic heterocycles. The van der Waals surface area contributed by atoms with Crippen LogP contribution in [0.2, 0.25) is 0 Å². The van der Waals surface area contributed by atoms with Crippen LogP contribution in [0.4, 0.5) is 10.2 Å². The van der Waals surface area contributed by atoms with Gasteiger partial charge in [-0.25, -0.2) is 9.07 Å². The highest BCUT2D eigenvalue weighted by molar-refractivity contribution is 9.10. The summed E-state index contributed by atoms with van der Waals surface area (Å²) in [6.45, 7) is 1.83. The molecule has 2 aromatic rings. The Hall–Kier alpha value is -1.36. The molecule has 0 aliphatic carbocycles. The molecular formula is C10H9BrFN3. The Morgan fingerprint density at radius 2 is 2.20 bits per heavy atom. The number of hydrogen-bond acceptors (Lipinski definition) is 2. The molecule has 0 radical (unpaired) electrons. The summed E-state index contributed by atoms with van der Waals surface area (Å²) in [5.41, 5.74) is 7.20. The van der Waals surface area contributed by atoms with Gasteiger partial charge in [0.15, 0.2) is 0 Å². The molecule has 5 heteroatoms. The molecule has 0 aliphatic rings. The lowest BCUT2D eigenvalue weighted by Gasteiger charge is -2.03. The summed E-state index contributed by atoms with van der Waals surface area (Å²) in [4.78, 5) is 0. The van der Waals surface area contributed by atoms with E-state index in [9.17, 15) is 4.39 Å². The highest BCUT2D eigenvalue weighted by Crippen LogP contribution is 2.25. The Labute approximate surface area is 94.8 Å². The normalized spacial score (nSPS) is 10.6. The molecule has 0 saturated carbocycles. The van der Waals surface area contributed by atoms with Gasteiger partial charge >= 0.3 is 0 Å². The van der Waals surface area contributed by atoms with Crippen LogP contribution in [0.25, 0.3) is 5.69 Å². The van der Waals surface area contributed by atoms with Gasteiger partial charge in [0.1, 0.15) is 11.6 Å². The van der Waals surface area contributed by atoms with E-state index in [4.69, 9.17) is 5.73 Å². The zero-order valence-corrected chi connectivity index (χ0v) is 9.62. The van der Waals surface area contributed by atoms with Gasteiger partial charge in [-0.3, -0.25) is 0 Å². The number of anilines is 1. The zero-order chi connectivity index (χ0) is 11.0. The Kier molecular flexibility index (Phi) is 2.48. The van der Waals surface area contributed by atoms with E-state index in [0.717, 1.165) is 10.2 Å². The lowest BCUT2D eigenvalue weighted by molar-refractivity contribution is 0.625. The minimum absolute atomic E-state index is 0.309. The van der Waals surface area contributed by atoms with Gasteiger partial charge < -0.3 is 5.73 Å². The van der Waals surface area contributed by atoms with Gasteiger partial charge in [0.25, 0.3) is 0 Å². The molecule has 1 aromatic carbocycles. The summed E-state index contributed by atoms with van der Waals surface area (Å²) in [5.74, 6) is 0.161. The van der Waals surface area contributed by atoms with Crippen LogP contribution in [-0.2, 0) is 0 Å². The Balaban J connectivity index is 2.59. The maximum absolute atomic E-state index is 13.0. The van der Waals surface area contributed by atoms with Crippen molar-refractivity contribution in [3.05, 3.63) is 40.2 Å². The van der Waals surface area contributed by atoms with E-state index in [1.54, 1.807) is 12.1 Å². The Morgan fingerprint density at radius 1 is 1.47 bits per heavy atom. The molecule has 0 amide bonds. The van der Waals surface area contributed by atoms with Crippen molar-refractivity contribution in [3.8, 4) is 5.69 Å². The van der Waals surface area contributed by atoms with Gasteiger partial charge in [-0.1, -0.05) is 6.07 Å². The lowest BCUT2D eigenvalue weighted by atomic mass is 10.3. The van der Waals surface area contributed by atoms with Crippen LogP contribution >= 0.6 is 15.9 Å². The summed E-state index contributed by atoms with van der Waals surface area (Å²) in [6, 6.07) is 6.13. The minimum Gasteiger partial charge on any atom is -0.383 e. The first kappa shape index (κ1) is 10.2. The number of nitrogen functional groups attached to an aromatic ring is 1. The van der Waals surface area contributed by atoms with Gasteiger partial charge in [0.05, 0.1) is 15.9 Å². The number of hydrogen-bond donors (Lipinski definition) is 1. The second kappa shape index (κ2) is 3.66. The molecule has 2 N–H and O–H groups in total. The van der Waals surface area contributed by atoms with E-state index >= 15 is 0 Å². The van der Waals surface area contributed by atoms with E-state index in [1.165, 1.54) is 16.8 Å². The van der Waals surface area contributed by atoms with Crippen molar-refractivity contribution < 1.29 is 4.39 Å². The molecule has 15 heavy (non-hydrogen) atoms. The van der Waals surface area contributed by atoms with Crippen molar-refractivity contribution in [1.82, 2.24) is 9.78 Å². The van der Waals surface area contributed by atoms with Crippen molar-refractivity contribution in [2.24, 2.45) is 0 Å². The van der Waals surface area contributed by atoms with Crippen molar-refractivity contribution in [1.29, 1.82) is 0 Å². The first-order valence-corrected chi connectivity index (χ1v) is 5.15. The minimum atomic E-state index is -0.309. The smallest absolute Gasteiger partial charge is 0.141 e. The van der Waals surface area contributed by atoms with Crippen molar-refractivity contribution in [2.45, 2.75) is 6.92 Å². The molecule has 3 nitrogen and oxygen atoms in total. The number of nitrogens with two attached hydrogens (primary N) is 1. The van der Waals surface area contributed by atoms with Crippen LogP contribution in [0.15, 0.2) is 28.7 Å². The van der Waals surface area contributed by atoms with E-state index in [2.05, 4.69) is 21.0 Å². The van der Waals surface area contributed by atoms with Crippen LogP contribution in [0, 0.1) is 12.7 Å². The van der Waals surface area contributed by atoms with Gasteiger partial charge in [0.2, 0.25) is 0 Å². The predicted molar refractivity (Wildman–Crippen MR) is 60.4 cm³/mol. The maximum atomic E-state index is 13.0. The SMILES string of the molecule is Cc1nn(-c2cccc(F)c2)c(N)c1Br. The van der Waals surface area contributed by atoms with Crippen molar-refractivity contribution >= 4 is 21.7 Å². The second-order valence-electron chi connectivity index (χ2n) is 3.18. The molecule has 78 valence electrons. The number of aromatic nitrogens is 2. The number of nitrogens with zero attached hydrogens (tertiary/aromatic N) is 2. The highest BCUT2D eigenvalue weighted by atomic mass is 79.9. The topological polar surface area (TPSA) is 43.8 Å². The summed E-state index contributed by atoms with van der Waals surface area (Å²) in [5, 5.41) is 4.20. The first-order valence-electron chi connectivity index (χ1n) is 4.36. The van der Waals surface area contributed by atoms with Crippen LogP contribution in [0.3, 0.4) is 0 Å². The third kappa shape index (κ3) is 1.74. The zero-order valence-electron chi connectivity index (χ0n) is 8.04. The molecule has 0 atom stereocenters. The quantitative estimate of drug-likeness (QED) is 0.865. The van der Waals surface area contributed by atoms with E-state index in [-0.39, 0.29) is 5.82 Å². The van der Waals surface area contributed by atoms with Crippen LogP contribution < -0.4 is 5.73 Å². The van der Waals surface area contributed by atoms with Gasteiger partial charge in [-0.2, -0.15) is 5.10 Å². The Bertz CT molecular complexity index is 507. The second-order valence-corrected chi connectivity index (χ2v) is 3.97. The fourth-order valence-electron chi connectivity index (χ4n) is 1.33. The summed E-state index contributed by atoms with van der Waals surface area (Å²) < 4.78 is 15.2. The maximum Gasteiger partial charge on any atom is 0.141 e. The number of benzene rings is 1. The lowest BCUT2D eigenvalue weighted by Crippen LogP contribution is -2.02. The van der Waals surface area contributed by atoms with Crippen LogP contribution in [0.5, 0.6) is 0 Å². The van der Waals surface area contributed by atoms with Crippen LogP contribution in [-0.4, -0.2) is 9.78 Å². The van der Waals surface area contributed by atoms with Gasteiger partial charge in [0, 0.05) is 0 Å². The molecule has 0 saturated heterocycles. The van der Waals surface area contributed by atoms with Gasteiger partial charge in [-0.15, -0.1) is 0 Å². The molecule has 1 heterocycles. The van der Waals surface area contributed by atoms with E-state index in [1.807, 2.05) is 6.92 Å². The molecule has 0 bridgehead atoms. The summed E-state index contributed by atoms with van der Waals surface area (Å²) in [7, 11) is 0. The van der Waals surface area contributed by atoms with E-state index < -0.39 is 0 Å². The largest absolute Gasteiger partial charge is 0.383 e. The molecule has 0 unspecified atom stereocenters. The fourth-order valence-corrected chi connectivity index (χ4v) is 1.58. The van der Waals surface area contributed by atoms with Gasteiger partial charge in [-0.05, 0) is 41.1 Å². The third-order valence-electron chi connectivity index (χ3n) is 2.07. The summed E-state index contributed by atoms with van der Waals surface area (Å²) in [6.07, 6.45) is 0. The monoisotopic (exact) mass is 269 g/mol. The standard InChI is InChI=1S/C10H9BrFN3/c1-6-9(11)10(13)15(14-6)8-4-2-3-7(12)5-8/h2-5H,13H2,1H3. The predicted octanol–water partition coefficient (Wildman–Crippen LogP) is 2.66. The number of halogens is 2. The number of aryl methyl sites for hydroxylation is 1. The van der Waals surface area contributed by atoms with Crippen molar-refractivity contribution in [2.75, 3.05) is 5.73 Å². The highest BCUT2D eigenvalue weighted by Gasteiger charge is 2.11. The average Bonchev–Trinajstić information content (AvgIpc) is 2.46. The average molecular weight is 270 g/mol. The summed E-state index contributed by atoms with van der Waals surface area (Å²) >= 11 is 3.31. The molecule has 0 fully saturated rings. The molecule has 0 aliphatic heterocycles. The van der Waals surface area contributed by atoms with Crippen molar-refractivity contribution in [3.63, 3.8) is 0 Å². The molecule has 0 spiro atoms. The first-order chi connectivity index (χ1) is 7.09. The third-order valence-corrected chi connectivity index (χ3v) is 3.05. The molecule has 2 rings (SSSR count). The van der Waals surface area contributed by atoms with Crippen LogP contribution in [0.1, 0.15) is 5.69 Å². The number of rotatable bonds is 1. The molecular weight excluding hydrogens is 261 g/mol.